The van der Waals surface area contributed by atoms with Crippen LogP contribution in [0.4, 0.5) is 5.69 Å². The highest BCUT2D eigenvalue weighted by atomic mass is 16.3. The molecule has 1 saturated carbocycles. The van der Waals surface area contributed by atoms with E-state index < -0.39 is 5.60 Å². The summed E-state index contributed by atoms with van der Waals surface area (Å²) < 4.78 is 5.48. The lowest BCUT2D eigenvalue weighted by Gasteiger charge is -2.36. The molecule has 0 spiro atoms. The number of carbonyl (C=O) groups is 1. The Bertz CT molecular complexity index is 794. The minimum absolute atomic E-state index is 0.201. The molecule has 5 heteroatoms. The van der Waals surface area contributed by atoms with Crippen molar-refractivity contribution in [2.75, 3.05) is 11.4 Å². The number of amides is 1. The maximum atomic E-state index is 12.5. The van der Waals surface area contributed by atoms with Crippen LogP contribution in [0.25, 0.3) is 0 Å². The molecule has 0 saturated heterocycles. The Hall–Kier alpha value is -2.27. The topological polar surface area (TPSA) is 65.7 Å². The summed E-state index contributed by atoms with van der Waals surface area (Å²) in [7, 11) is 0. The lowest BCUT2D eigenvalue weighted by atomic mass is 9.78. The molecule has 1 aliphatic heterocycles. The van der Waals surface area contributed by atoms with Gasteiger partial charge >= 0.3 is 0 Å². The van der Waals surface area contributed by atoms with E-state index in [0.29, 0.717) is 31.3 Å². The first-order valence-corrected chi connectivity index (χ1v) is 9.47. The first kappa shape index (κ1) is 17.2. The number of hydrogen-bond acceptors (Lipinski definition) is 4. The van der Waals surface area contributed by atoms with Gasteiger partial charge in [-0.25, -0.2) is 0 Å². The van der Waals surface area contributed by atoms with Gasteiger partial charge in [-0.15, -0.1) is 0 Å². The van der Waals surface area contributed by atoms with Crippen molar-refractivity contribution in [1.29, 1.82) is 0 Å². The predicted molar refractivity (Wildman–Crippen MR) is 100 cm³/mol. The van der Waals surface area contributed by atoms with Gasteiger partial charge in [-0.05, 0) is 56.7 Å². The molecular weight excluding hydrogens is 328 g/mol. The van der Waals surface area contributed by atoms with Crippen LogP contribution in [0.3, 0.4) is 0 Å². The molecule has 1 unspecified atom stereocenters. The number of fused-ring (bicyclic) bond motifs is 1. The number of benzene rings is 1. The third-order valence-electron chi connectivity index (χ3n) is 5.80. The van der Waals surface area contributed by atoms with Gasteiger partial charge in [0, 0.05) is 30.4 Å². The highest BCUT2D eigenvalue weighted by Crippen LogP contribution is 2.35. The lowest BCUT2D eigenvalue weighted by Crippen LogP contribution is -2.40. The predicted octanol–water partition coefficient (Wildman–Crippen LogP) is 3.27. The molecule has 0 radical (unpaired) electrons. The molecule has 1 aliphatic carbocycles. The molecule has 1 fully saturated rings. The van der Waals surface area contributed by atoms with E-state index in [0.717, 1.165) is 31.2 Å². The van der Waals surface area contributed by atoms with E-state index in [4.69, 9.17) is 4.42 Å². The molecule has 2 N–H and O–H groups in total. The second kappa shape index (κ2) is 6.80. The standard InChI is InChI=1S/C21H26N2O3/c1-15-13-16-5-2-3-6-18(16)23(15)14-17-7-12-26-19(17)20(24)22-11-10-21(25)8-4-9-21/h2-3,5-7,12,15,25H,4,8-11,13-14H2,1H3,(H,22,24). The Balaban J connectivity index is 1.41. The molecule has 4 rings (SSSR count). The molecule has 5 nitrogen and oxygen atoms in total. The van der Waals surface area contributed by atoms with Crippen LogP contribution in [0.5, 0.6) is 0 Å². The molecule has 2 heterocycles. The maximum Gasteiger partial charge on any atom is 0.287 e. The van der Waals surface area contributed by atoms with Gasteiger partial charge in [0.2, 0.25) is 0 Å². The summed E-state index contributed by atoms with van der Waals surface area (Å²) in [5.74, 6) is 0.176. The van der Waals surface area contributed by atoms with Gasteiger partial charge < -0.3 is 19.7 Å². The van der Waals surface area contributed by atoms with Gasteiger partial charge in [-0.3, -0.25) is 4.79 Å². The van der Waals surface area contributed by atoms with E-state index in [1.807, 2.05) is 6.07 Å². The molecule has 2 aliphatic rings. The number of nitrogens with one attached hydrogen (secondary N) is 1. The van der Waals surface area contributed by atoms with Crippen LogP contribution in [0.15, 0.2) is 41.0 Å². The third kappa shape index (κ3) is 3.23. The van der Waals surface area contributed by atoms with Gasteiger partial charge in [-0.1, -0.05) is 18.2 Å². The number of carbonyl (C=O) groups excluding carboxylic acids is 1. The summed E-state index contributed by atoms with van der Waals surface area (Å²) in [6.45, 7) is 3.33. The van der Waals surface area contributed by atoms with Crippen molar-refractivity contribution in [1.82, 2.24) is 5.32 Å². The summed E-state index contributed by atoms with van der Waals surface area (Å²) >= 11 is 0. The quantitative estimate of drug-likeness (QED) is 0.836. The van der Waals surface area contributed by atoms with Crippen molar-refractivity contribution in [2.24, 2.45) is 0 Å². The van der Waals surface area contributed by atoms with Crippen molar-refractivity contribution in [3.8, 4) is 0 Å². The fourth-order valence-electron chi connectivity index (χ4n) is 4.04. The van der Waals surface area contributed by atoms with Crippen molar-refractivity contribution >= 4 is 11.6 Å². The molecule has 1 aromatic carbocycles. The summed E-state index contributed by atoms with van der Waals surface area (Å²) in [6.07, 6.45) is 5.94. The molecular formula is C21H26N2O3. The van der Waals surface area contributed by atoms with Crippen molar-refractivity contribution in [3.05, 3.63) is 53.5 Å². The Morgan fingerprint density at radius 2 is 2.15 bits per heavy atom. The zero-order valence-electron chi connectivity index (χ0n) is 15.2. The SMILES string of the molecule is CC1Cc2ccccc2N1Cc1ccoc1C(=O)NCCC1(O)CCC1. The summed E-state index contributed by atoms with van der Waals surface area (Å²) in [5, 5.41) is 13.0. The minimum Gasteiger partial charge on any atom is -0.459 e. The van der Waals surface area contributed by atoms with E-state index in [1.165, 1.54) is 11.3 Å². The fourth-order valence-corrected chi connectivity index (χ4v) is 4.04. The van der Waals surface area contributed by atoms with Crippen LogP contribution in [-0.4, -0.2) is 29.2 Å². The number of para-hydroxylation sites is 1. The summed E-state index contributed by atoms with van der Waals surface area (Å²) in [5.41, 5.74) is 2.91. The molecule has 1 amide bonds. The summed E-state index contributed by atoms with van der Waals surface area (Å²) in [6, 6.07) is 10.7. The van der Waals surface area contributed by atoms with Crippen LogP contribution >= 0.6 is 0 Å². The Kier molecular flexibility index (Phi) is 4.49. The van der Waals surface area contributed by atoms with Crippen LogP contribution < -0.4 is 10.2 Å². The maximum absolute atomic E-state index is 12.5. The van der Waals surface area contributed by atoms with Gasteiger partial charge in [-0.2, -0.15) is 0 Å². The van der Waals surface area contributed by atoms with Crippen molar-refractivity contribution in [2.45, 2.75) is 57.2 Å². The molecule has 26 heavy (non-hydrogen) atoms. The van der Waals surface area contributed by atoms with Crippen LogP contribution in [0.2, 0.25) is 0 Å². The van der Waals surface area contributed by atoms with Gasteiger partial charge in [0.05, 0.1) is 11.9 Å². The number of aliphatic hydroxyl groups is 1. The second-order valence-electron chi connectivity index (χ2n) is 7.67. The molecule has 1 aromatic heterocycles. The average Bonchev–Trinajstić information content (AvgIpc) is 3.18. The first-order chi connectivity index (χ1) is 12.6. The number of hydrogen-bond donors (Lipinski definition) is 2. The molecule has 2 aromatic rings. The highest BCUT2D eigenvalue weighted by Gasteiger charge is 2.34. The number of anilines is 1. The third-order valence-corrected chi connectivity index (χ3v) is 5.80. The van der Waals surface area contributed by atoms with E-state index in [1.54, 1.807) is 6.26 Å². The Labute approximate surface area is 154 Å². The van der Waals surface area contributed by atoms with E-state index in [-0.39, 0.29) is 5.91 Å². The Morgan fingerprint density at radius 1 is 1.35 bits per heavy atom. The number of furan rings is 1. The average molecular weight is 354 g/mol. The molecule has 1 atom stereocenters. The zero-order chi connectivity index (χ0) is 18.1. The van der Waals surface area contributed by atoms with E-state index in [2.05, 4.69) is 41.4 Å². The van der Waals surface area contributed by atoms with Gasteiger partial charge in [0.15, 0.2) is 5.76 Å². The van der Waals surface area contributed by atoms with Crippen LogP contribution in [-0.2, 0) is 13.0 Å². The molecule has 0 bridgehead atoms. The van der Waals surface area contributed by atoms with Crippen LogP contribution in [0.1, 0.15) is 54.3 Å². The van der Waals surface area contributed by atoms with Crippen LogP contribution in [0, 0.1) is 0 Å². The van der Waals surface area contributed by atoms with E-state index >= 15 is 0 Å². The summed E-state index contributed by atoms with van der Waals surface area (Å²) in [4.78, 5) is 14.8. The van der Waals surface area contributed by atoms with Gasteiger partial charge in [0.1, 0.15) is 0 Å². The fraction of sp³-hybridized carbons (Fsp3) is 0.476. The Morgan fingerprint density at radius 3 is 2.92 bits per heavy atom. The van der Waals surface area contributed by atoms with Gasteiger partial charge in [0.25, 0.3) is 5.91 Å². The number of nitrogens with zero attached hydrogens (tertiary/aromatic N) is 1. The number of rotatable bonds is 6. The second-order valence-corrected chi connectivity index (χ2v) is 7.67. The lowest BCUT2D eigenvalue weighted by molar-refractivity contribution is -0.0390. The normalized spacial score (nSPS) is 20.5. The van der Waals surface area contributed by atoms with Crippen molar-refractivity contribution in [3.63, 3.8) is 0 Å². The van der Waals surface area contributed by atoms with Crippen molar-refractivity contribution < 1.29 is 14.3 Å². The first-order valence-electron chi connectivity index (χ1n) is 9.47. The molecule has 138 valence electrons. The smallest absolute Gasteiger partial charge is 0.287 e. The highest BCUT2D eigenvalue weighted by molar-refractivity contribution is 5.93. The zero-order valence-corrected chi connectivity index (χ0v) is 15.2. The largest absolute Gasteiger partial charge is 0.459 e. The monoisotopic (exact) mass is 354 g/mol. The minimum atomic E-state index is -0.575. The van der Waals surface area contributed by atoms with E-state index in [9.17, 15) is 9.90 Å².